The van der Waals surface area contributed by atoms with E-state index < -0.39 is 16.0 Å². The van der Waals surface area contributed by atoms with Gasteiger partial charge in [0.15, 0.2) is 0 Å². The lowest BCUT2D eigenvalue weighted by molar-refractivity contribution is -0.136. The molecule has 6 nitrogen and oxygen atoms in total. The fraction of sp³-hybridized carbons (Fsp3) is 0.900. The first-order chi connectivity index (χ1) is 7.65. The Hall–Kier alpha value is -0.660. The Balaban J connectivity index is 2.70. The predicted octanol–water partition coefficient (Wildman–Crippen LogP) is -0.183. The van der Waals surface area contributed by atoms with Crippen molar-refractivity contribution >= 4 is 16.0 Å². The Morgan fingerprint density at radius 3 is 2.41 bits per heavy atom. The van der Waals surface area contributed by atoms with Gasteiger partial charge in [-0.1, -0.05) is 0 Å². The van der Waals surface area contributed by atoms with Crippen molar-refractivity contribution in [2.75, 3.05) is 32.4 Å². The highest BCUT2D eigenvalue weighted by Gasteiger charge is 2.36. The second-order valence-corrected chi connectivity index (χ2v) is 7.12. The molecule has 1 fully saturated rings. The zero-order valence-electron chi connectivity index (χ0n) is 10.5. The van der Waals surface area contributed by atoms with Gasteiger partial charge in [-0.15, -0.1) is 0 Å². The molecule has 1 rings (SSSR count). The van der Waals surface area contributed by atoms with Gasteiger partial charge in [-0.2, -0.15) is 4.31 Å². The van der Waals surface area contributed by atoms with Gasteiger partial charge in [-0.3, -0.25) is 9.69 Å². The van der Waals surface area contributed by atoms with Crippen LogP contribution in [0.5, 0.6) is 0 Å². The first-order valence-electron chi connectivity index (χ1n) is 5.56. The van der Waals surface area contributed by atoms with Gasteiger partial charge >= 0.3 is 5.97 Å². The molecule has 1 aliphatic heterocycles. The number of hydrogen-bond acceptors (Lipinski definition) is 4. The lowest BCUT2D eigenvalue weighted by Crippen LogP contribution is -2.59. The SMILES string of the molecule is CN1CCN(S(=O)(=O)CCC(=O)O)CC1(C)C. The molecule has 0 aromatic heterocycles. The van der Waals surface area contributed by atoms with E-state index in [9.17, 15) is 13.2 Å². The minimum atomic E-state index is -3.45. The van der Waals surface area contributed by atoms with E-state index in [1.165, 1.54) is 4.31 Å². The molecule has 0 amide bonds. The molecule has 100 valence electrons. The molecular weight excluding hydrogens is 244 g/mol. The quantitative estimate of drug-likeness (QED) is 0.762. The molecule has 1 heterocycles. The lowest BCUT2D eigenvalue weighted by Gasteiger charge is -2.44. The molecule has 0 aliphatic carbocycles. The van der Waals surface area contributed by atoms with E-state index in [0.717, 1.165) is 0 Å². The average molecular weight is 264 g/mol. The van der Waals surface area contributed by atoms with Gasteiger partial charge in [-0.05, 0) is 20.9 Å². The summed E-state index contributed by atoms with van der Waals surface area (Å²) >= 11 is 0. The number of nitrogens with zero attached hydrogens (tertiary/aromatic N) is 2. The summed E-state index contributed by atoms with van der Waals surface area (Å²) < 4.78 is 25.3. The van der Waals surface area contributed by atoms with Crippen molar-refractivity contribution in [3.8, 4) is 0 Å². The molecular formula is C10H20N2O4S. The van der Waals surface area contributed by atoms with Crippen LogP contribution in [0.1, 0.15) is 20.3 Å². The number of carboxylic acids is 1. The predicted molar refractivity (Wildman–Crippen MR) is 64.3 cm³/mol. The van der Waals surface area contributed by atoms with E-state index in [2.05, 4.69) is 4.90 Å². The topological polar surface area (TPSA) is 77.9 Å². The summed E-state index contributed by atoms with van der Waals surface area (Å²) in [4.78, 5) is 12.5. The van der Waals surface area contributed by atoms with Crippen LogP contribution in [0.15, 0.2) is 0 Å². The van der Waals surface area contributed by atoms with Gasteiger partial charge < -0.3 is 5.11 Å². The standard InChI is InChI=1S/C10H20N2O4S/c1-10(2)8-12(6-5-11(10)3)17(15,16)7-4-9(13)14/h4-8H2,1-3H3,(H,13,14). The van der Waals surface area contributed by atoms with Crippen LogP contribution in [0, 0.1) is 0 Å². The van der Waals surface area contributed by atoms with E-state index in [-0.39, 0.29) is 17.7 Å². The molecule has 7 heteroatoms. The van der Waals surface area contributed by atoms with Crippen molar-refractivity contribution < 1.29 is 18.3 Å². The van der Waals surface area contributed by atoms with Gasteiger partial charge in [0, 0.05) is 25.2 Å². The zero-order valence-corrected chi connectivity index (χ0v) is 11.3. The van der Waals surface area contributed by atoms with Crippen LogP contribution in [0.3, 0.4) is 0 Å². The Bertz CT molecular complexity index is 391. The summed E-state index contributed by atoms with van der Waals surface area (Å²) in [5.41, 5.74) is -0.214. The van der Waals surface area contributed by atoms with Gasteiger partial charge in [0.25, 0.3) is 0 Å². The van der Waals surface area contributed by atoms with Crippen LogP contribution >= 0.6 is 0 Å². The van der Waals surface area contributed by atoms with Crippen LogP contribution in [0.4, 0.5) is 0 Å². The van der Waals surface area contributed by atoms with Crippen molar-refractivity contribution in [1.29, 1.82) is 0 Å². The number of rotatable bonds is 4. The largest absolute Gasteiger partial charge is 0.481 e. The lowest BCUT2D eigenvalue weighted by atomic mass is 10.0. The number of carbonyl (C=O) groups is 1. The van der Waals surface area contributed by atoms with Crippen molar-refractivity contribution in [1.82, 2.24) is 9.21 Å². The molecule has 1 aliphatic rings. The molecule has 17 heavy (non-hydrogen) atoms. The first kappa shape index (κ1) is 14.4. The van der Waals surface area contributed by atoms with Gasteiger partial charge in [0.05, 0.1) is 12.2 Å². The fourth-order valence-corrected chi connectivity index (χ4v) is 3.34. The maximum atomic E-state index is 11.9. The Morgan fingerprint density at radius 2 is 1.94 bits per heavy atom. The minimum absolute atomic E-state index is 0.214. The molecule has 0 aromatic rings. The zero-order chi connectivity index (χ0) is 13.3. The van der Waals surface area contributed by atoms with E-state index in [1.807, 2.05) is 20.9 Å². The molecule has 0 aromatic carbocycles. The number of piperazine rings is 1. The number of sulfonamides is 1. The van der Waals surface area contributed by atoms with Crippen LogP contribution in [-0.4, -0.2) is 66.7 Å². The van der Waals surface area contributed by atoms with Crippen LogP contribution < -0.4 is 0 Å². The fourth-order valence-electron chi connectivity index (χ4n) is 1.78. The molecule has 0 radical (unpaired) electrons. The highest BCUT2D eigenvalue weighted by Crippen LogP contribution is 2.21. The molecule has 0 saturated carbocycles. The molecule has 1 N–H and O–H groups in total. The number of aliphatic carboxylic acids is 1. The summed E-state index contributed by atoms with van der Waals surface area (Å²) in [6.45, 7) is 5.46. The normalized spacial score (nSPS) is 22.5. The summed E-state index contributed by atoms with van der Waals surface area (Å²) in [6, 6.07) is 0. The number of likely N-dealkylation sites (N-methyl/N-ethyl adjacent to an activating group) is 1. The summed E-state index contributed by atoms with van der Waals surface area (Å²) in [6.07, 6.45) is -0.338. The van der Waals surface area contributed by atoms with Gasteiger partial charge in [0.2, 0.25) is 10.0 Å². The van der Waals surface area contributed by atoms with Gasteiger partial charge in [0.1, 0.15) is 0 Å². The van der Waals surface area contributed by atoms with Crippen molar-refractivity contribution in [3.63, 3.8) is 0 Å². The van der Waals surface area contributed by atoms with Crippen LogP contribution in [-0.2, 0) is 14.8 Å². The highest BCUT2D eigenvalue weighted by molar-refractivity contribution is 7.89. The Labute approximate surface area is 102 Å². The van der Waals surface area contributed by atoms with E-state index >= 15 is 0 Å². The third kappa shape index (κ3) is 3.65. The third-order valence-electron chi connectivity index (χ3n) is 3.25. The van der Waals surface area contributed by atoms with Crippen LogP contribution in [0.25, 0.3) is 0 Å². The van der Waals surface area contributed by atoms with Crippen LogP contribution in [0.2, 0.25) is 0 Å². The summed E-state index contributed by atoms with van der Waals surface area (Å²) in [5.74, 6) is -1.40. The number of hydrogen-bond donors (Lipinski definition) is 1. The van der Waals surface area contributed by atoms with Crippen molar-refractivity contribution in [3.05, 3.63) is 0 Å². The molecule has 1 saturated heterocycles. The smallest absolute Gasteiger partial charge is 0.304 e. The number of carboxylic acid groups (broad SMARTS) is 1. The molecule has 0 atom stereocenters. The maximum absolute atomic E-state index is 11.9. The first-order valence-corrected chi connectivity index (χ1v) is 7.17. The van der Waals surface area contributed by atoms with E-state index in [4.69, 9.17) is 5.11 Å². The van der Waals surface area contributed by atoms with Crippen molar-refractivity contribution in [2.24, 2.45) is 0 Å². The highest BCUT2D eigenvalue weighted by atomic mass is 32.2. The summed E-state index contributed by atoms with van der Waals surface area (Å²) in [5, 5.41) is 8.53. The maximum Gasteiger partial charge on any atom is 0.304 e. The van der Waals surface area contributed by atoms with E-state index in [0.29, 0.717) is 19.6 Å². The van der Waals surface area contributed by atoms with Gasteiger partial charge in [-0.25, -0.2) is 8.42 Å². The second kappa shape index (κ2) is 4.91. The Kier molecular flexibility index (Phi) is 4.16. The third-order valence-corrected chi connectivity index (χ3v) is 5.07. The second-order valence-electron chi connectivity index (χ2n) is 5.03. The minimum Gasteiger partial charge on any atom is -0.481 e. The average Bonchev–Trinajstić information content (AvgIpc) is 2.19. The molecule has 0 spiro atoms. The molecule has 0 unspecified atom stereocenters. The van der Waals surface area contributed by atoms with E-state index in [1.54, 1.807) is 0 Å². The summed E-state index contributed by atoms with van der Waals surface area (Å²) in [7, 11) is -1.49. The Morgan fingerprint density at radius 1 is 1.35 bits per heavy atom. The van der Waals surface area contributed by atoms with Crippen molar-refractivity contribution in [2.45, 2.75) is 25.8 Å². The molecule has 0 bridgehead atoms. The monoisotopic (exact) mass is 264 g/mol.